The number of carbonyl (C=O) groups excluding carboxylic acids is 1. The minimum atomic E-state index is -0.726. The lowest BCUT2D eigenvalue weighted by atomic mass is 9.83. The molecule has 5 heteroatoms. The summed E-state index contributed by atoms with van der Waals surface area (Å²) in [5.41, 5.74) is 0. The molecule has 3 N–H and O–H groups in total. The lowest BCUT2D eigenvalue weighted by Gasteiger charge is -2.34. The Morgan fingerprint density at radius 2 is 2.11 bits per heavy atom. The van der Waals surface area contributed by atoms with Crippen LogP contribution in [0.2, 0.25) is 0 Å². The number of likely N-dealkylation sites (tertiary alicyclic amines) is 1. The van der Waals surface area contributed by atoms with Crippen molar-refractivity contribution >= 4 is 5.78 Å². The fourth-order valence-corrected chi connectivity index (χ4v) is 3.59. The second-order valence-electron chi connectivity index (χ2n) is 6.35. The summed E-state index contributed by atoms with van der Waals surface area (Å²) in [5, 5.41) is 19.4. The molecule has 1 saturated carbocycles. The number of rotatable bonds is 4. The summed E-state index contributed by atoms with van der Waals surface area (Å²) < 4.78 is 0. The molecule has 2 fully saturated rings. The molecule has 1 aliphatic heterocycles. The molecular weight excluding hydrogens is 244 g/mol. The summed E-state index contributed by atoms with van der Waals surface area (Å²) >= 11 is 0. The van der Waals surface area contributed by atoms with Gasteiger partial charge >= 0.3 is 0 Å². The Bertz CT molecular complexity index is 309. The van der Waals surface area contributed by atoms with Crippen LogP contribution in [-0.2, 0) is 4.79 Å². The first-order valence-corrected chi connectivity index (χ1v) is 7.68. The topological polar surface area (TPSA) is 69.2 Å². The Morgan fingerprint density at radius 3 is 2.79 bits per heavy atom. The lowest BCUT2D eigenvalue weighted by molar-refractivity contribution is -1.07. The van der Waals surface area contributed by atoms with Gasteiger partial charge in [0.15, 0.2) is 5.78 Å². The van der Waals surface area contributed by atoms with Gasteiger partial charge in [-0.25, -0.2) is 10.4 Å². The van der Waals surface area contributed by atoms with Gasteiger partial charge in [0.1, 0.15) is 12.6 Å². The summed E-state index contributed by atoms with van der Waals surface area (Å²) in [4.78, 5) is 13.8. The average molecular weight is 271 g/mol. The van der Waals surface area contributed by atoms with Gasteiger partial charge < -0.3 is 10.1 Å². The normalized spacial score (nSPS) is 37.8. The molecule has 5 atom stereocenters. The first kappa shape index (κ1) is 14.9. The zero-order valence-electron chi connectivity index (χ0n) is 11.9. The molecule has 110 valence electrons. The Kier molecular flexibility index (Phi) is 5.33. The van der Waals surface area contributed by atoms with Gasteiger partial charge in [-0.2, -0.15) is 0 Å². The number of piperidine rings is 1. The predicted molar refractivity (Wildman–Crippen MR) is 70.9 cm³/mol. The van der Waals surface area contributed by atoms with Crippen LogP contribution in [0.15, 0.2) is 0 Å². The third-order valence-electron chi connectivity index (χ3n) is 4.96. The fraction of sp³-hybridized carbons (Fsp3) is 0.929. The molecular formula is C14H27N2O3+. The van der Waals surface area contributed by atoms with E-state index in [0.29, 0.717) is 24.8 Å². The van der Waals surface area contributed by atoms with Crippen molar-refractivity contribution in [2.75, 3.05) is 13.1 Å². The standard InChI is InChI=1S/C14H26N2O3/c1-11-5-2-3-8-15(11)10-14(17)12-6-4-7-13(9-12)16(18)19/h11-13,16,18H,2-10H2,1H3/p+1. The van der Waals surface area contributed by atoms with E-state index in [2.05, 4.69) is 6.92 Å². The largest absolute Gasteiger partial charge is 0.600 e. The molecule has 1 saturated heterocycles. The molecule has 19 heavy (non-hydrogen) atoms. The number of ketones is 1. The molecule has 0 spiro atoms. The maximum absolute atomic E-state index is 12.4. The SMILES string of the molecule is CC1CCCC[NH+]1CC(=O)C1CCCC([NH+]([O-])O)C1. The highest BCUT2D eigenvalue weighted by Crippen LogP contribution is 2.23. The van der Waals surface area contributed by atoms with Crippen molar-refractivity contribution in [1.29, 1.82) is 0 Å². The van der Waals surface area contributed by atoms with E-state index in [4.69, 9.17) is 5.21 Å². The molecule has 5 nitrogen and oxygen atoms in total. The first-order chi connectivity index (χ1) is 9.08. The number of hydrogen-bond acceptors (Lipinski definition) is 3. The van der Waals surface area contributed by atoms with Crippen LogP contribution in [-0.4, -0.2) is 36.2 Å². The van der Waals surface area contributed by atoms with Crippen molar-refractivity contribution in [2.24, 2.45) is 5.92 Å². The average Bonchev–Trinajstić information content (AvgIpc) is 2.41. The highest BCUT2D eigenvalue weighted by molar-refractivity contribution is 5.82. The smallest absolute Gasteiger partial charge is 0.190 e. The van der Waals surface area contributed by atoms with Crippen molar-refractivity contribution in [1.82, 2.24) is 0 Å². The van der Waals surface area contributed by atoms with E-state index >= 15 is 0 Å². The zero-order valence-corrected chi connectivity index (χ0v) is 11.9. The molecule has 2 rings (SSSR count). The number of quaternary nitrogens is 2. The summed E-state index contributed by atoms with van der Waals surface area (Å²) in [6.45, 7) is 3.93. The quantitative estimate of drug-likeness (QED) is 0.595. The van der Waals surface area contributed by atoms with Gasteiger partial charge in [-0.3, -0.25) is 4.79 Å². The van der Waals surface area contributed by atoms with Crippen molar-refractivity contribution in [3.05, 3.63) is 5.21 Å². The van der Waals surface area contributed by atoms with E-state index in [0.717, 1.165) is 25.8 Å². The number of nitrogens with one attached hydrogen (secondary N) is 2. The molecule has 1 aliphatic carbocycles. The molecule has 1 heterocycles. The molecule has 0 bridgehead atoms. The van der Waals surface area contributed by atoms with Crippen LogP contribution in [0.5, 0.6) is 0 Å². The molecule has 5 unspecified atom stereocenters. The van der Waals surface area contributed by atoms with E-state index in [1.165, 1.54) is 24.2 Å². The van der Waals surface area contributed by atoms with Crippen molar-refractivity contribution in [3.63, 3.8) is 0 Å². The lowest BCUT2D eigenvalue weighted by Crippen LogP contribution is -3.17. The number of hydrogen-bond donors (Lipinski definition) is 3. The number of Topliss-reactive ketones (excluding diaryl/α,β-unsaturated/α-hetero) is 1. The molecule has 0 radical (unpaired) electrons. The van der Waals surface area contributed by atoms with Gasteiger partial charge in [-0.05, 0) is 39.0 Å². The van der Waals surface area contributed by atoms with E-state index < -0.39 is 5.23 Å². The van der Waals surface area contributed by atoms with Crippen LogP contribution in [0, 0.1) is 11.1 Å². The van der Waals surface area contributed by atoms with Gasteiger partial charge in [0.2, 0.25) is 0 Å². The maximum Gasteiger partial charge on any atom is 0.190 e. The van der Waals surface area contributed by atoms with E-state index in [-0.39, 0.29) is 12.0 Å². The highest BCUT2D eigenvalue weighted by atomic mass is 16.8. The first-order valence-electron chi connectivity index (χ1n) is 7.68. The Balaban J connectivity index is 1.85. The maximum atomic E-state index is 12.4. The second kappa shape index (κ2) is 6.79. The van der Waals surface area contributed by atoms with E-state index in [9.17, 15) is 10.0 Å². The number of carbonyl (C=O) groups is 1. The minimum absolute atomic E-state index is 0.00326. The summed E-state index contributed by atoms with van der Waals surface area (Å²) in [6, 6.07) is 0.285. The third-order valence-corrected chi connectivity index (χ3v) is 4.96. The van der Waals surface area contributed by atoms with Gasteiger partial charge in [0, 0.05) is 18.8 Å². The van der Waals surface area contributed by atoms with Crippen LogP contribution in [0.4, 0.5) is 0 Å². The molecule has 0 aromatic carbocycles. The fourth-order valence-electron chi connectivity index (χ4n) is 3.59. The van der Waals surface area contributed by atoms with Crippen LogP contribution in [0.3, 0.4) is 0 Å². The van der Waals surface area contributed by atoms with Crippen molar-refractivity contribution < 1.29 is 20.1 Å². The van der Waals surface area contributed by atoms with Crippen LogP contribution in [0.1, 0.15) is 51.9 Å². The molecule has 0 aromatic rings. The summed E-state index contributed by atoms with van der Waals surface area (Å²) in [5.74, 6) is 0.297. The van der Waals surface area contributed by atoms with Gasteiger partial charge in [0.25, 0.3) is 0 Å². The van der Waals surface area contributed by atoms with E-state index in [1.54, 1.807) is 0 Å². The van der Waals surface area contributed by atoms with Gasteiger partial charge in [-0.15, -0.1) is 0 Å². The van der Waals surface area contributed by atoms with Crippen LogP contribution < -0.4 is 10.1 Å². The van der Waals surface area contributed by atoms with Gasteiger partial charge in [-0.1, -0.05) is 0 Å². The third kappa shape index (κ3) is 3.99. The molecule has 2 aliphatic rings. The molecule has 0 aromatic heterocycles. The minimum Gasteiger partial charge on any atom is -0.600 e. The highest BCUT2D eigenvalue weighted by Gasteiger charge is 2.33. The van der Waals surface area contributed by atoms with Crippen molar-refractivity contribution in [2.45, 2.75) is 64.0 Å². The predicted octanol–water partition coefficient (Wildman–Crippen LogP) is -0.656. The summed E-state index contributed by atoms with van der Waals surface area (Å²) in [6.07, 6.45) is 6.80. The van der Waals surface area contributed by atoms with E-state index in [1.807, 2.05) is 0 Å². The molecule has 0 amide bonds. The summed E-state index contributed by atoms with van der Waals surface area (Å²) in [7, 11) is 0. The van der Waals surface area contributed by atoms with Crippen LogP contribution >= 0.6 is 0 Å². The van der Waals surface area contributed by atoms with Crippen LogP contribution in [0.25, 0.3) is 0 Å². The monoisotopic (exact) mass is 271 g/mol. The Hall–Kier alpha value is -0.490. The Labute approximate surface area is 115 Å². The Morgan fingerprint density at radius 1 is 1.32 bits per heavy atom. The zero-order chi connectivity index (χ0) is 13.8. The van der Waals surface area contributed by atoms with Gasteiger partial charge in [0.05, 0.1) is 12.6 Å². The van der Waals surface area contributed by atoms with Crippen molar-refractivity contribution in [3.8, 4) is 0 Å². The number of hydroxylamine groups is 2. The second-order valence-corrected chi connectivity index (χ2v) is 6.35.